The van der Waals surface area contributed by atoms with Crippen LogP contribution in [0.3, 0.4) is 0 Å². The summed E-state index contributed by atoms with van der Waals surface area (Å²) >= 11 is 0. The van der Waals surface area contributed by atoms with E-state index < -0.39 is 0 Å². The van der Waals surface area contributed by atoms with Crippen molar-refractivity contribution in [3.63, 3.8) is 0 Å². The second-order valence-electron chi connectivity index (χ2n) is 3.35. The van der Waals surface area contributed by atoms with Crippen molar-refractivity contribution in [3.8, 4) is 0 Å². The highest BCUT2D eigenvalue weighted by molar-refractivity contribution is 5.43. The van der Waals surface area contributed by atoms with Crippen LogP contribution in [0.25, 0.3) is 5.65 Å². The number of anilines is 1. The standard InChI is InChI=1S/C8H10N6/c1-2-8-12-10-5-14(8)13-7(1)11-6-3-9-4-6/h1-2,5-6,9H,3-4H2,(H,11,13). The molecule has 2 N–H and O–H groups in total. The number of fused-ring (bicyclic) bond motifs is 1. The number of rotatable bonds is 2. The summed E-state index contributed by atoms with van der Waals surface area (Å²) in [6, 6.07) is 4.31. The molecule has 0 radical (unpaired) electrons. The van der Waals surface area contributed by atoms with E-state index in [0.29, 0.717) is 6.04 Å². The van der Waals surface area contributed by atoms with Gasteiger partial charge >= 0.3 is 0 Å². The molecule has 0 aromatic carbocycles. The van der Waals surface area contributed by atoms with E-state index >= 15 is 0 Å². The fourth-order valence-electron chi connectivity index (χ4n) is 1.41. The molecule has 1 fully saturated rings. The zero-order chi connectivity index (χ0) is 9.38. The number of hydrogen-bond donors (Lipinski definition) is 2. The summed E-state index contributed by atoms with van der Waals surface area (Å²) in [4.78, 5) is 0. The highest BCUT2D eigenvalue weighted by Crippen LogP contribution is 2.07. The van der Waals surface area contributed by atoms with Crippen LogP contribution in [0.1, 0.15) is 0 Å². The third-order valence-electron chi connectivity index (χ3n) is 2.30. The van der Waals surface area contributed by atoms with Gasteiger partial charge in [0.1, 0.15) is 12.1 Å². The molecule has 6 heteroatoms. The Morgan fingerprint density at radius 3 is 3.14 bits per heavy atom. The fourth-order valence-corrected chi connectivity index (χ4v) is 1.41. The molecule has 0 aliphatic carbocycles. The van der Waals surface area contributed by atoms with E-state index in [1.807, 2.05) is 12.1 Å². The van der Waals surface area contributed by atoms with Crippen LogP contribution in [-0.4, -0.2) is 38.9 Å². The number of nitrogens with zero attached hydrogens (tertiary/aromatic N) is 4. The predicted molar refractivity (Wildman–Crippen MR) is 51.1 cm³/mol. The molecule has 0 saturated carbocycles. The van der Waals surface area contributed by atoms with Crippen molar-refractivity contribution in [1.29, 1.82) is 0 Å². The van der Waals surface area contributed by atoms with Gasteiger partial charge in [0, 0.05) is 13.1 Å². The molecule has 14 heavy (non-hydrogen) atoms. The molecular formula is C8H10N6. The summed E-state index contributed by atoms with van der Waals surface area (Å²) < 4.78 is 1.66. The maximum Gasteiger partial charge on any atom is 0.177 e. The van der Waals surface area contributed by atoms with Crippen LogP contribution < -0.4 is 10.6 Å². The van der Waals surface area contributed by atoms with Crippen molar-refractivity contribution >= 4 is 11.5 Å². The van der Waals surface area contributed by atoms with E-state index in [0.717, 1.165) is 24.6 Å². The van der Waals surface area contributed by atoms with E-state index in [1.54, 1.807) is 10.8 Å². The van der Waals surface area contributed by atoms with Crippen molar-refractivity contribution in [2.75, 3.05) is 18.4 Å². The second kappa shape index (κ2) is 2.91. The summed E-state index contributed by atoms with van der Waals surface area (Å²) in [6.07, 6.45) is 1.60. The Morgan fingerprint density at radius 2 is 2.36 bits per heavy atom. The molecule has 6 nitrogen and oxygen atoms in total. The topological polar surface area (TPSA) is 67.1 Å². The van der Waals surface area contributed by atoms with Gasteiger partial charge in [-0.3, -0.25) is 0 Å². The lowest BCUT2D eigenvalue weighted by Crippen LogP contribution is -2.51. The van der Waals surface area contributed by atoms with Crippen LogP contribution >= 0.6 is 0 Å². The van der Waals surface area contributed by atoms with E-state index in [2.05, 4.69) is 25.9 Å². The lowest BCUT2D eigenvalue weighted by atomic mass is 10.2. The first-order valence-corrected chi connectivity index (χ1v) is 4.56. The monoisotopic (exact) mass is 190 g/mol. The molecule has 2 aromatic rings. The molecule has 0 amide bonds. The van der Waals surface area contributed by atoms with Crippen molar-refractivity contribution in [1.82, 2.24) is 25.1 Å². The van der Waals surface area contributed by atoms with Gasteiger partial charge < -0.3 is 10.6 Å². The molecule has 1 aliphatic heterocycles. The fraction of sp³-hybridized carbons (Fsp3) is 0.375. The van der Waals surface area contributed by atoms with Gasteiger partial charge in [-0.2, -0.15) is 4.52 Å². The Balaban J connectivity index is 1.88. The molecule has 3 rings (SSSR count). The van der Waals surface area contributed by atoms with E-state index in [9.17, 15) is 0 Å². The minimum atomic E-state index is 0.497. The zero-order valence-electron chi connectivity index (χ0n) is 7.51. The Hall–Kier alpha value is -1.69. The number of nitrogens with one attached hydrogen (secondary N) is 2. The highest BCUT2D eigenvalue weighted by atomic mass is 15.4. The highest BCUT2D eigenvalue weighted by Gasteiger charge is 2.16. The summed E-state index contributed by atoms with van der Waals surface area (Å²) in [7, 11) is 0. The van der Waals surface area contributed by atoms with Crippen molar-refractivity contribution in [3.05, 3.63) is 18.5 Å². The SMILES string of the molecule is c1cc2nncn2nc1NC1CNC1. The molecule has 0 spiro atoms. The van der Waals surface area contributed by atoms with Gasteiger partial charge in [-0.1, -0.05) is 0 Å². The van der Waals surface area contributed by atoms with Gasteiger partial charge in [-0.15, -0.1) is 15.3 Å². The van der Waals surface area contributed by atoms with Crippen molar-refractivity contribution in [2.45, 2.75) is 6.04 Å². The molecule has 1 aliphatic rings. The average Bonchev–Trinajstić information content (AvgIpc) is 2.58. The first kappa shape index (κ1) is 7.69. The van der Waals surface area contributed by atoms with Crippen molar-refractivity contribution in [2.24, 2.45) is 0 Å². The van der Waals surface area contributed by atoms with Crippen molar-refractivity contribution < 1.29 is 0 Å². The molecule has 2 aromatic heterocycles. The van der Waals surface area contributed by atoms with E-state index in [-0.39, 0.29) is 0 Å². The Bertz CT molecular complexity index is 446. The Labute approximate surface area is 80.3 Å². The average molecular weight is 190 g/mol. The summed E-state index contributed by atoms with van der Waals surface area (Å²) in [5.41, 5.74) is 0.766. The van der Waals surface area contributed by atoms with Gasteiger partial charge in [0.05, 0.1) is 6.04 Å². The van der Waals surface area contributed by atoms with Crippen LogP contribution in [0.15, 0.2) is 18.5 Å². The molecule has 3 heterocycles. The molecule has 0 bridgehead atoms. The quantitative estimate of drug-likeness (QED) is 0.668. The third-order valence-corrected chi connectivity index (χ3v) is 2.30. The molecule has 1 saturated heterocycles. The lowest BCUT2D eigenvalue weighted by Gasteiger charge is -2.28. The van der Waals surface area contributed by atoms with Gasteiger partial charge in [0.25, 0.3) is 0 Å². The Kier molecular flexibility index (Phi) is 1.60. The molecule has 72 valence electrons. The number of aromatic nitrogens is 4. The van der Waals surface area contributed by atoms with Gasteiger partial charge in [0.2, 0.25) is 0 Å². The predicted octanol–water partition coefficient (Wildman–Crippen LogP) is -0.492. The minimum Gasteiger partial charge on any atom is -0.363 e. The Morgan fingerprint density at radius 1 is 1.43 bits per heavy atom. The van der Waals surface area contributed by atoms with Gasteiger partial charge in [0.15, 0.2) is 5.65 Å². The molecule has 0 unspecified atom stereocenters. The van der Waals surface area contributed by atoms with E-state index in [1.165, 1.54) is 0 Å². The maximum absolute atomic E-state index is 4.31. The van der Waals surface area contributed by atoms with Crippen LogP contribution in [0, 0.1) is 0 Å². The summed E-state index contributed by atoms with van der Waals surface area (Å²) in [5.74, 6) is 0.865. The first-order valence-electron chi connectivity index (χ1n) is 4.56. The molecule has 0 atom stereocenters. The number of hydrogen-bond acceptors (Lipinski definition) is 5. The van der Waals surface area contributed by atoms with Crippen LogP contribution in [0.5, 0.6) is 0 Å². The van der Waals surface area contributed by atoms with Crippen LogP contribution in [0.4, 0.5) is 5.82 Å². The normalized spacial score (nSPS) is 16.9. The van der Waals surface area contributed by atoms with Crippen LogP contribution in [-0.2, 0) is 0 Å². The summed E-state index contributed by atoms with van der Waals surface area (Å²) in [6.45, 7) is 2.00. The minimum absolute atomic E-state index is 0.497. The third kappa shape index (κ3) is 1.20. The first-order chi connectivity index (χ1) is 6.92. The summed E-state index contributed by atoms with van der Waals surface area (Å²) in [5, 5.41) is 18.5. The lowest BCUT2D eigenvalue weighted by molar-refractivity contribution is 0.470. The van der Waals surface area contributed by atoms with Gasteiger partial charge in [-0.25, -0.2) is 0 Å². The second-order valence-corrected chi connectivity index (χ2v) is 3.35. The smallest absolute Gasteiger partial charge is 0.177 e. The van der Waals surface area contributed by atoms with E-state index in [4.69, 9.17) is 0 Å². The van der Waals surface area contributed by atoms with Gasteiger partial charge in [-0.05, 0) is 12.1 Å². The molecular weight excluding hydrogens is 180 g/mol. The maximum atomic E-state index is 4.31. The van der Waals surface area contributed by atoms with Crippen LogP contribution in [0.2, 0.25) is 0 Å². The largest absolute Gasteiger partial charge is 0.363 e. The zero-order valence-corrected chi connectivity index (χ0v) is 7.51.